The van der Waals surface area contributed by atoms with Gasteiger partial charge in [-0.15, -0.1) is 0 Å². The van der Waals surface area contributed by atoms with Crippen LogP contribution in [0.25, 0.3) is 11.0 Å². The molecule has 0 spiro atoms. The summed E-state index contributed by atoms with van der Waals surface area (Å²) in [5, 5.41) is 7.68. The summed E-state index contributed by atoms with van der Waals surface area (Å²) in [4.78, 5) is 39.7. The number of hydrogen-bond acceptors (Lipinski definition) is 6. The van der Waals surface area contributed by atoms with E-state index in [2.05, 4.69) is 10.4 Å². The van der Waals surface area contributed by atoms with Gasteiger partial charge < -0.3 is 14.5 Å². The van der Waals surface area contributed by atoms with Gasteiger partial charge in [0, 0.05) is 17.6 Å². The van der Waals surface area contributed by atoms with Gasteiger partial charge in [-0.1, -0.05) is 11.6 Å². The van der Waals surface area contributed by atoms with E-state index in [1.807, 2.05) is 6.92 Å². The minimum atomic E-state index is -0.637. The van der Waals surface area contributed by atoms with Gasteiger partial charge in [0.15, 0.2) is 5.52 Å². The largest absolute Gasteiger partial charge is 0.495 e. The number of aromatic nitrogens is 4. The maximum atomic E-state index is 13.4. The zero-order valence-corrected chi connectivity index (χ0v) is 20.0. The first kappa shape index (κ1) is 23.4. The second-order valence-corrected chi connectivity index (χ2v) is 8.19. The van der Waals surface area contributed by atoms with Crippen molar-refractivity contribution < 1.29 is 13.9 Å². The fourth-order valence-corrected chi connectivity index (χ4v) is 4.05. The summed E-state index contributed by atoms with van der Waals surface area (Å²) >= 11 is 6.15. The van der Waals surface area contributed by atoms with Gasteiger partial charge in [-0.05, 0) is 44.5 Å². The Morgan fingerprint density at radius 1 is 1.21 bits per heavy atom. The molecule has 0 aliphatic rings. The van der Waals surface area contributed by atoms with Crippen molar-refractivity contribution in [3.8, 4) is 5.75 Å². The average molecular weight is 486 g/mol. The standard InChI is InChI=1S/C23H24ClN5O5/c1-5-29-21-20(14(3)26-29)27(23(32)28(22(21)31)11-15-7-6-8-34-15)12-19(30)25-17-9-13(2)16(24)10-18(17)33-4/h6-10H,5,11-12H2,1-4H3,(H,25,30). The van der Waals surface area contributed by atoms with Crippen LogP contribution in [-0.2, 0) is 24.4 Å². The second kappa shape index (κ2) is 9.22. The van der Waals surface area contributed by atoms with Crippen molar-refractivity contribution >= 4 is 34.2 Å². The quantitative estimate of drug-likeness (QED) is 0.430. The zero-order valence-electron chi connectivity index (χ0n) is 19.2. The summed E-state index contributed by atoms with van der Waals surface area (Å²) in [5.41, 5.74) is 1.09. The van der Waals surface area contributed by atoms with Crippen molar-refractivity contribution in [1.29, 1.82) is 0 Å². The number of aryl methyl sites for hydroxylation is 3. The molecule has 3 aromatic heterocycles. The van der Waals surface area contributed by atoms with Gasteiger partial charge in [0.25, 0.3) is 5.56 Å². The number of carbonyl (C=O) groups excluding carboxylic acids is 1. The van der Waals surface area contributed by atoms with Gasteiger partial charge in [0.05, 0.1) is 31.3 Å². The normalized spacial score (nSPS) is 11.2. The molecule has 0 atom stereocenters. The highest BCUT2D eigenvalue weighted by molar-refractivity contribution is 6.31. The van der Waals surface area contributed by atoms with Crippen molar-refractivity contribution in [1.82, 2.24) is 18.9 Å². The number of furan rings is 1. The Kier molecular flexibility index (Phi) is 6.34. The number of methoxy groups -OCH3 is 1. The maximum Gasteiger partial charge on any atom is 0.332 e. The molecular formula is C23H24ClN5O5. The van der Waals surface area contributed by atoms with E-state index in [9.17, 15) is 14.4 Å². The molecule has 1 amide bonds. The molecule has 1 N–H and O–H groups in total. The molecule has 0 unspecified atom stereocenters. The van der Waals surface area contributed by atoms with E-state index in [4.69, 9.17) is 20.8 Å². The van der Waals surface area contributed by atoms with Gasteiger partial charge in [-0.3, -0.25) is 23.4 Å². The monoisotopic (exact) mass is 485 g/mol. The summed E-state index contributed by atoms with van der Waals surface area (Å²) in [5.74, 6) is 0.352. The first-order valence-electron chi connectivity index (χ1n) is 10.6. The summed E-state index contributed by atoms with van der Waals surface area (Å²) in [6.45, 7) is 5.36. The molecule has 1 aromatic carbocycles. The predicted octanol–water partition coefficient (Wildman–Crippen LogP) is 2.94. The number of carbonyl (C=O) groups is 1. The van der Waals surface area contributed by atoms with Crippen molar-refractivity contribution in [2.45, 2.75) is 40.4 Å². The van der Waals surface area contributed by atoms with E-state index >= 15 is 0 Å². The highest BCUT2D eigenvalue weighted by Gasteiger charge is 2.22. The van der Waals surface area contributed by atoms with E-state index in [0.29, 0.717) is 40.0 Å². The lowest BCUT2D eigenvalue weighted by Gasteiger charge is -2.15. The van der Waals surface area contributed by atoms with Crippen LogP contribution < -0.4 is 21.3 Å². The summed E-state index contributed by atoms with van der Waals surface area (Å²) in [7, 11) is 1.47. The Bertz CT molecular complexity index is 1500. The number of amides is 1. The van der Waals surface area contributed by atoms with E-state index in [1.54, 1.807) is 38.1 Å². The van der Waals surface area contributed by atoms with Gasteiger partial charge >= 0.3 is 5.69 Å². The minimum Gasteiger partial charge on any atom is -0.495 e. The van der Waals surface area contributed by atoms with Crippen molar-refractivity contribution in [2.24, 2.45) is 0 Å². The van der Waals surface area contributed by atoms with Crippen LogP contribution in [0.1, 0.15) is 23.9 Å². The molecule has 0 aliphatic carbocycles. The number of anilines is 1. The fraction of sp³-hybridized carbons (Fsp3) is 0.304. The lowest BCUT2D eigenvalue weighted by Crippen LogP contribution is -2.42. The molecule has 10 nitrogen and oxygen atoms in total. The van der Waals surface area contributed by atoms with Crippen molar-refractivity contribution in [2.75, 3.05) is 12.4 Å². The Morgan fingerprint density at radius 2 is 1.97 bits per heavy atom. The van der Waals surface area contributed by atoms with Crippen LogP contribution >= 0.6 is 11.6 Å². The Morgan fingerprint density at radius 3 is 2.62 bits per heavy atom. The summed E-state index contributed by atoms with van der Waals surface area (Å²) < 4.78 is 14.5. The molecule has 0 fully saturated rings. The predicted molar refractivity (Wildman–Crippen MR) is 128 cm³/mol. The summed E-state index contributed by atoms with van der Waals surface area (Å²) in [6, 6.07) is 6.64. The molecule has 0 aliphatic heterocycles. The van der Waals surface area contributed by atoms with Crippen LogP contribution in [0, 0.1) is 13.8 Å². The molecule has 3 heterocycles. The second-order valence-electron chi connectivity index (χ2n) is 7.79. The van der Waals surface area contributed by atoms with Crippen LogP contribution in [0.2, 0.25) is 5.02 Å². The Labute approximate surface area is 199 Å². The van der Waals surface area contributed by atoms with E-state index in [0.717, 1.165) is 10.1 Å². The third kappa shape index (κ3) is 4.12. The SMILES string of the molecule is CCn1nc(C)c2c1c(=O)n(Cc1ccco1)c(=O)n2CC(=O)Nc1cc(C)c(Cl)cc1OC. The fourth-order valence-electron chi connectivity index (χ4n) is 3.90. The molecule has 0 radical (unpaired) electrons. The van der Waals surface area contributed by atoms with Crippen LogP contribution in [0.15, 0.2) is 44.5 Å². The molecule has 0 bridgehead atoms. The van der Waals surface area contributed by atoms with E-state index in [1.165, 1.54) is 22.6 Å². The van der Waals surface area contributed by atoms with Crippen LogP contribution in [0.3, 0.4) is 0 Å². The van der Waals surface area contributed by atoms with Gasteiger partial charge in [0.2, 0.25) is 5.91 Å². The zero-order chi connectivity index (χ0) is 24.6. The maximum absolute atomic E-state index is 13.4. The van der Waals surface area contributed by atoms with Crippen LogP contribution in [-0.4, -0.2) is 31.9 Å². The molecule has 4 rings (SSSR count). The molecule has 4 aromatic rings. The third-order valence-corrected chi connectivity index (χ3v) is 5.93. The van der Waals surface area contributed by atoms with Crippen molar-refractivity contribution in [3.63, 3.8) is 0 Å². The number of nitrogens with one attached hydrogen (secondary N) is 1. The van der Waals surface area contributed by atoms with Crippen LogP contribution in [0.4, 0.5) is 5.69 Å². The highest BCUT2D eigenvalue weighted by Crippen LogP contribution is 2.31. The van der Waals surface area contributed by atoms with Gasteiger partial charge in [0.1, 0.15) is 23.6 Å². The molecular weight excluding hydrogens is 462 g/mol. The first-order valence-corrected chi connectivity index (χ1v) is 11.0. The van der Waals surface area contributed by atoms with E-state index in [-0.39, 0.29) is 18.6 Å². The number of hydrogen-bond donors (Lipinski definition) is 1. The van der Waals surface area contributed by atoms with Gasteiger partial charge in [-0.25, -0.2) is 4.79 Å². The molecule has 178 valence electrons. The van der Waals surface area contributed by atoms with E-state index < -0.39 is 17.2 Å². The van der Waals surface area contributed by atoms with Crippen molar-refractivity contribution in [3.05, 3.63) is 73.4 Å². The molecule has 34 heavy (non-hydrogen) atoms. The number of benzene rings is 1. The number of ether oxygens (including phenoxy) is 1. The topological polar surface area (TPSA) is 113 Å². The van der Waals surface area contributed by atoms with Gasteiger partial charge in [-0.2, -0.15) is 5.10 Å². The number of fused-ring (bicyclic) bond motifs is 1. The molecule has 11 heteroatoms. The molecule has 0 saturated carbocycles. The highest BCUT2D eigenvalue weighted by atomic mass is 35.5. The lowest BCUT2D eigenvalue weighted by molar-refractivity contribution is -0.116. The Hall–Kier alpha value is -3.79. The van der Waals surface area contributed by atoms with Crippen LogP contribution in [0.5, 0.6) is 5.75 Å². The molecule has 0 saturated heterocycles. The summed E-state index contributed by atoms with van der Waals surface area (Å²) in [6.07, 6.45) is 1.47. The Balaban J connectivity index is 1.81. The number of halogens is 1. The number of rotatable bonds is 7. The number of nitrogens with zero attached hydrogens (tertiary/aromatic N) is 4. The minimum absolute atomic E-state index is 0.0691. The third-order valence-electron chi connectivity index (χ3n) is 5.53. The smallest absolute Gasteiger partial charge is 0.332 e. The lowest BCUT2D eigenvalue weighted by atomic mass is 10.2. The average Bonchev–Trinajstić information content (AvgIpc) is 3.44. The first-order chi connectivity index (χ1) is 16.2.